The smallest absolute Gasteiger partial charge is 0.253 e. The maximum Gasteiger partial charge on any atom is 0.253 e. The van der Waals surface area contributed by atoms with Crippen LogP contribution in [-0.2, 0) is 11.2 Å². The van der Waals surface area contributed by atoms with E-state index < -0.39 is 0 Å². The number of rotatable bonds is 12. The summed E-state index contributed by atoms with van der Waals surface area (Å²) in [6.07, 6.45) is 15.6. The first kappa shape index (κ1) is 26.5. The summed E-state index contributed by atoms with van der Waals surface area (Å²) in [5.74, 6) is 1.70. The Morgan fingerprint density at radius 1 is 1.19 bits per heavy atom. The van der Waals surface area contributed by atoms with E-state index in [9.17, 15) is 4.79 Å². The van der Waals surface area contributed by atoms with Crippen molar-refractivity contribution in [1.82, 2.24) is 19.4 Å². The minimum absolute atomic E-state index is 0.152. The van der Waals surface area contributed by atoms with Gasteiger partial charge in [-0.3, -0.25) is 4.79 Å². The van der Waals surface area contributed by atoms with Crippen molar-refractivity contribution >= 4 is 17.0 Å². The zero-order chi connectivity index (χ0) is 25.5. The van der Waals surface area contributed by atoms with Gasteiger partial charge in [-0.15, -0.1) is 0 Å². The maximum absolute atomic E-state index is 13.5. The van der Waals surface area contributed by atoms with Crippen molar-refractivity contribution < 1.29 is 9.53 Å². The summed E-state index contributed by atoms with van der Waals surface area (Å²) < 4.78 is 7.27. The number of nitrogens with zero attached hydrogens (tertiary/aromatic N) is 4. The van der Waals surface area contributed by atoms with Crippen molar-refractivity contribution in [3.63, 3.8) is 0 Å². The third-order valence-electron chi connectivity index (χ3n) is 7.55. The number of fused-ring (bicyclic) bond motifs is 1. The molecule has 0 radical (unpaired) electrons. The molecular formula is C30H44N4O2. The molecule has 0 unspecified atom stereocenters. The number of piperidine rings is 1. The summed E-state index contributed by atoms with van der Waals surface area (Å²) >= 11 is 0. The number of allylic oxidation sites excluding steroid dienone is 4. The highest BCUT2D eigenvalue weighted by molar-refractivity contribution is 5.95. The monoisotopic (exact) mass is 492 g/mol. The molecule has 1 saturated carbocycles. The van der Waals surface area contributed by atoms with Gasteiger partial charge in [-0.05, 0) is 108 Å². The van der Waals surface area contributed by atoms with Gasteiger partial charge in [0.25, 0.3) is 5.91 Å². The first-order chi connectivity index (χ1) is 17.5. The lowest BCUT2D eigenvalue weighted by molar-refractivity contribution is 0.0747. The summed E-state index contributed by atoms with van der Waals surface area (Å²) in [4.78, 5) is 18.1. The summed E-state index contributed by atoms with van der Waals surface area (Å²) in [6, 6.07) is 4.02. The Morgan fingerprint density at radius 3 is 2.67 bits per heavy atom. The molecule has 4 rings (SSSR count). The molecule has 2 aromatic rings. The highest BCUT2D eigenvalue weighted by Crippen LogP contribution is 2.31. The normalized spacial score (nSPS) is 17.6. The summed E-state index contributed by atoms with van der Waals surface area (Å²) in [7, 11) is 1.69. The molecule has 2 aromatic heterocycles. The lowest BCUT2D eigenvalue weighted by Crippen LogP contribution is -2.33. The van der Waals surface area contributed by atoms with Crippen LogP contribution in [0.1, 0.15) is 87.3 Å². The fourth-order valence-corrected chi connectivity index (χ4v) is 5.18. The molecule has 0 aromatic carbocycles. The first-order valence-electron chi connectivity index (χ1n) is 13.9. The molecule has 3 heterocycles. The lowest BCUT2D eigenvalue weighted by Gasteiger charge is -2.26. The van der Waals surface area contributed by atoms with Crippen LogP contribution in [0.2, 0.25) is 0 Å². The van der Waals surface area contributed by atoms with Gasteiger partial charge in [0.1, 0.15) is 0 Å². The fraction of sp³-hybridized carbons (Fsp3) is 0.600. The number of carbonyl (C=O) groups excluding carboxylic acids is 1. The van der Waals surface area contributed by atoms with Crippen molar-refractivity contribution in [2.24, 2.45) is 5.92 Å². The minimum Gasteiger partial charge on any atom is -0.501 e. The molecule has 1 saturated heterocycles. The van der Waals surface area contributed by atoms with Gasteiger partial charge < -0.3 is 14.5 Å². The number of methoxy groups -OCH3 is 1. The molecular weight excluding hydrogens is 448 g/mol. The number of aryl methyl sites for hydroxylation is 1. The molecule has 196 valence electrons. The van der Waals surface area contributed by atoms with Crippen molar-refractivity contribution in [2.45, 2.75) is 72.1 Å². The van der Waals surface area contributed by atoms with Crippen LogP contribution >= 0.6 is 0 Å². The zero-order valence-corrected chi connectivity index (χ0v) is 22.8. The standard InChI is InChI=1S/C30H44N4O2/c1-5-16-33(22-25-13-14-25)30(35)26-15-20-34-28(21-26)27(10-9-19-32-17-7-6-8-18-32)29(31-34)23(2)11-12-24(3)36-4/h11-12,15,20-21,25H,5-10,13-14,16-19,22H2,1-4H3. The van der Waals surface area contributed by atoms with Crippen molar-refractivity contribution in [3.8, 4) is 0 Å². The van der Waals surface area contributed by atoms with Gasteiger partial charge in [-0.1, -0.05) is 19.4 Å². The van der Waals surface area contributed by atoms with Crippen LogP contribution in [0, 0.1) is 5.92 Å². The molecule has 0 atom stereocenters. The number of likely N-dealkylation sites (tertiary alicyclic amines) is 1. The van der Waals surface area contributed by atoms with Gasteiger partial charge in [-0.2, -0.15) is 5.10 Å². The molecule has 2 fully saturated rings. The molecule has 36 heavy (non-hydrogen) atoms. The molecule has 0 spiro atoms. The van der Waals surface area contributed by atoms with Gasteiger partial charge in [0.15, 0.2) is 0 Å². The fourth-order valence-electron chi connectivity index (χ4n) is 5.18. The Morgan fingerprint density at radius 2 is 1.97 bits per heavy atom. The van der Waals surface area contributed by atoms with Crippen LogP contribution < -0.4 is 0 Å². The highest BCUT2D eigenvalue weighted by atomic mass is 16.5. The summed E-state index contributed by atoms with van der Waals surface area (Å²) in [6.45, 7) is 11.5. The van der Waals surface area contributed by atoms with E-state index in [1.165, 1.54) is 50.8 Å². The largest absolute Gasteiger partial charge is 0.501 e. The van der Waals surface area contributed by atoms with E-state index in [1.807, 2.05) is 29.8 Å². The number of amides is 1. The topological polar surface area (TPSA) is 50.1 Å². The van der Waals surface area contributed by atoms with E-state index in [1.54, 1.807) is 7.11 Å². The zero-order valence-electron chi connectivity index (χ0n) is 22.8. The van der Waals surface area contributed by atoms with E-state index in [2.05, 4.69) is 35.8 Å². The molecule has 1 aliphatic heterocycles. The number of carbonyl (C=O) groups is 1. The minimum atomic E-state index is 0.152. The number of pyridine rings is 1. The second-order valence-electron chi connectivity index (χ2n) is 10.6. The molecule has 2 aliphatic rings. The Kier molecular flexibility index (Phi) is 9.24. The number of hydrogen-bond donors (Lipinski definition) is 0. The predicted octanol–water partition coefficient (Wildman–Crippen LogP) is 5.97. The molecule has 6 heteroatoms. The number of hydrogen-bond acceptors (Lipinski definition) is 4. The second kappa shape index (κ2) is 12.6. The van der Waals surface area contributed by atoms with Crippen LogP contribution in [-0.4, -0.2) is 65.2 Å². The number of aromatic nitrogens is 2. The second-order valence-corrected chi connectivity index (χ2v) is 10.6. The SMILES string of the molecule is CCCN(CC1CC1)C(=O)c1ccn2nc(C(C)=CC=C(C)OC)c(CCCN3CCCCC3)c2c1. The van der Waals surface area contributed by atoms with Crippen molar-refractivity contribution in [1.29, 1.82) is 0 Å². The molecule has 0 N–H and O–H groups in total. The first-order valence-corrected chi connectivity index (χ1v) is 13.9. The average molecular weight is 493 g/mol. The van der Waals surface area contributed by atoms with Gasteiger partial charge in [0.05, 0.1) is 24.1 Å². The number of ether oxygens (including phenoxy) is 1. The van der Waals surface area contributed by atoms with Gasteiger partial charge >= 0.3 is 0 Å². The Labute approximate surface area is 217 Å². The van der Waals surface area contributed by atoms with Gasteiger partial charge in [-0.25, -0.2) is 4.52 Å². The van der Waals surface area contributed by atoms with Crippen LogP contribution in [0.4, 0.5) is 0 Å². The van der Waals surface area contributed by atoms with Gasteiger partial charge in [0.2, 0.25) is 0 Å². The van der Waals surface area contributed by atoms with E-state index >= 15 is 0 Å². The third-order valence-corrected chi connectivity index (χ3v) is 7.55. The predicted molar refractivity (Wildman–Crippen MR) is 147 cm³/mol. The highest BCUT2D eigenvalue weighted by Gasteiger charge is 2.27. The summed E-state index contributed by atoms with van der Waals surface area (Å²) in [5, 5.41) is 4.96. The van der Waals surface area contributed by atoms with Crippen LogP contribution in [0.5, 0.6) is 0 Å². The quantitative estimate of drug-likeness (QED) is 0.271. The maximum atomic E-state index is 13.5. The van der Waals surface area contributed by atoms with Crippen LogP contribution in [0.15, 0.2) is 36.2 Å². The van der Waals surface area contributed by atoms with Crippen molar-refractivity contribution in [3.05, 3.63) is 53.1 Å². The van der Waals surface area contributed by atoms with Crippen LogP contribution in [0.3, 0.4) is 0 Å². The Bertz CT molecular complexity index is 1090. The van der Waals surface area contributed by atoms with Crippen molar-refractivity contribution in [2.75, 3.05) is 39.8 Å². The van der Waals surface area contributed by atoms with Crippen LogP contribution in [0.25, 0.3) is 11.1 Å². The average Bonchev–Trinajstić information content (AvgIpc) is 3.65. The van der Waals surface area contributed by atoms with Gasteiger partial charge in [0, 0.05) is 30.4 Å². The Balaban J connectivity index is 1.63. The molecule has 6 nitrogen and oxygen atoms in total. The molecule has 1 aliphatic carbocycles. The lowest BCUT2D eigenvalue weighted by atomic mass is 10.0. The van der Waals surface area contributed by atoms with E-state index in [-0.39, 0.29) is 5.91 Å². The third kappa shape index (κ3) is 6.78. The molecule has 1 amide bonds. The summed E-state index contributed by atoms with van der Waals surface area (Å²) in [5.41, 5.74) is 5.19. The van der Waals surface area contributed by atoms with E-state index in [0.29, 0.717) is 5.92 Å². The van der Waals surface area contributed by atoms with E-state index in [4.69, 9.17) is 9.84 Å². The van der Waals surface area contributed by atoms with E-state index in [0.717, 1.165) is 67.0 Å². The Hall–Kier alpha value is -2.60. The molecule has 0 bridgehead atoms.